The van der Waals surface area contributed by atoms with E-state index in [-0.39, 0.29) is 41.8 Å². The summed E-state index contributed by atoms with van der Waals surface area (Å²) in [7, 11) is 6.05. The Morgan fingerprint density at radius 1 is 0.902 bits per heavy atom. The quantitative estimate of drug-likeness (QED) is 0.355. The van der Waals surface area contributed by atoms with Crippen molar-refractivity contribution in [1.82, 2.24) is 0 Å². The van der Waals surface area contributed by atoms with Crippen LogP contribution in [0.4, 0.5) is 5.69 Å². The summed E-state index contributed by atoms with van der Waals surface area (Å²) in [6.07, 6.45) is 0. The zero-order chi connectivity index (χ0) is 29.3. The number of hydrogen-bond donors (Lipinski definition) is 2. The molecule has 0 radical (unpaired) electrons. The van der Waals surface area contributed by atoms with Gasteiger partial charge in [-0.25, -0.2) is 4.79 Å². The summed E-state index contributed by atoms with van der Waals surface area (Å²) in [6, 6.07) is 13.9. The van der Waals surface area contributed by atoms with E-state index < -0.39 is 17.8 Å². The zero-order valence-electron chi connectivity index (χ0n) is 23.6. The lowest BCUT2D eigenvalue weighted by molar-refractivity contribution is -0.141. The number of carbonyl (C=O) groups excluding carboxylic acids is 2. The Morgan fingerprint density at radius 2 is 1.49 bits per heavy atom. The highest BCUT2D eigenvalue weighted by atomic mass is 16.5. The number of hydrogen-bond acceptors (Lipinski definition) is 10. The lowest BCUT2D eigenvalue weighted by Gasteiger charge is -2.40. The summed E-state index contributed by atoms with van der Waals surface area (Å²) in [4.78, 5) is 25.5. The van der Waals surface area contributed by atoms with Crippen LogP contribution in [-0.2, 0) is 14.3 Å². The number of ether oxygens (including phenoxy) is 6. The third-order valence-electron chi connectivity index (χ3n) is 7.78. The number of phenolic OH excluding ortho intramolecular Hbond substituents is 1. The van der Waals surface area contributed by atoms with E-state index in [1.807, 2.05) is 12.1 Å². The molecule has 10 heteroatoms. The third kappa shape index (κ3) is 4.94. The average Bonchev–Trinajstić information content (AvgIpc) is 3.37. The average molecular weight is 564 g/mol. The maximum atomic E-state index is 13.4. The standard InChI is InChI=1S/C31H33NO9/c1-6-40-30(34)16-7-9-18(10-8-16)32-28-20-14-23(37-3)22(36-2)13-19(20)26(27-21(28)15-41-31(27)35)17-11-24(38-4)29(33)25(12-17)39-5/h7-14,21,26-28,32-33H,6,15H2,1-5H3/t21?,26?,27-,28+/m0/s1. The van der Waals surface area contributed by atoms with Crippen molar-refractivity contribution < 1.29 is 43.1 Å². The van der Waals surface area contributed by atoms with Crippen molar-refractivity contribution in [2.45, 2.75) is 18.9 Å². The number of methoxy groups -OCH3 is 4. The van der Waals surface area contributed by atoms with E-state index in [9.17, 15) is 14.7 Å². The van der Waals surface area contributed by atoms with Crippen LogP contribution in [0.3, 0.4) is 0 Å². The number of carbonyl (C=O) groups is 2. The van der Waals surface area contributed by atoms with Crippen LogP contribution in [0.15, 0.2) is 48.5 Å². The van der Waals surface area contributed by atoms with Gasteiger partial charge in [0.25, 0.3) is 0 Å². The Labute approximate surface area is 238 Å². The van der Waals surface area contributed by atoms with Crippen molar-refractivity contribution in [3.8, 4) is 28.7 Å². The van der Waals surface area contributed by atoms with E-state index in [1.165, 1.54) is 14.2 Å². The molecule has 2 aliphatic rings. The lowest BCUT2D eigenvalue weighted by Crippen LogP contribution is -2.37. The fourth-order valence-electron chi connectivity index (χ4n) is 5.87. The molecule has 0 amide bonds. The number of rotatable bonds is 9. The van der Waals surface area contributed by atoms with Gasteiger partial charge in [-0.3, -0.25) is 4.79 Å². The zero-order valence-corrected chi connectivity index (χ0v) is 23.6. The summed E-state index contributed by atoms with van der Waals surface area (Å²) < 4.78 is 32.9. The van der Waals surface area contributed by atoms with E-state index in [0.29, 0.717) is 23.7 Å². The Hall–Kier alpha value is -4.60. The number of anilines is 1. The molecule has 1 heterocycles. The predicted octanol–water partition coefficient (Wildman–Crippen LogP) is 4.69. The summed E-state index contributed by atoms with van der Waals surface area (Å²) in [5.41, 5.74) is 3.65. The first-order valence-corrected chi connectivity index (χ1v) is 13.3. The van der Waals surface area contributed by atoms with Crippen molar-refractivity contribution in [2.75, 3.05) is 47.0 Å². The molecule has 2 unspecified atom stereocenters. The molecule has 0 spiro atoms. The van der Waals surface area contributed by atoms with Crippen molar-refractivity contribution in [1.29, 1.82) is 0 Å². The minimum Gasteiger partial charge on any atom is -0.502 e. The molecule has 2 N–H and O–H groups in total. The third-order valence-corrected chi connectivity index (χ3v) is 7.78. The largest absolute Gasteiger partial charge is 0.502 e. The fraction of sp³-hybridized carbons (Fsp3) is 0.355. The molecule has 3 aromatic rings. The predicted molar refractivity (Wildman–Crippen MR) is 149 cm³/mol. The first kappa shape index (κ1) is 27.9. The minimum atomic E-state index is -0.559. The van der Waals surface area contributed by atoms with Crippen LogP contribution < -0.4 is 24.3 Å². The van der Waals surface area contributed by atoms with Gasteiger partial charge in [0.15, 0.2) is 23.0 Å². The van der Waals surface area contributed by atoms with Crippen LogP contribution in [-0.4, -0.2) is 58.7 Å². The van der Waals surface area contributed by atoms with Crippen molar-refractivity contribution in [3.05, 3.63) is 70.8 Å². The van der Waals surface area contributed by atoms with Gasteiger partial charge in [-0.1, -0.05) is 0 Å². The Bertz CT molecular complexity index is 1430. The number of esters is 2. The summed E-state index contributed by atoms with van der Waals surface area (Å²) in [5, 5.41) is 14.1. The van der Waals surface area contributed by atoms with Gasteiger partial charge < -0.3 is 38.8 Å². The van der Waals surface area contributed by atoms with E-state index in [4.69, 9.17) is 28.4 Å². The molecule has 4 atom stereocenters. The van der Waals surface area contributed by atoms with Gasteiger partial charge in [-0.05, 0) is 72.1 Å². The highest BCUT2D eigenvalue weighted by molar-refractivity contribution is 5.89. The summed E-state index contributed by atoms with van der Waals surface area (Å²) >= 11 is 0. The molecule has 1 aliphatic heterocycles. The Balaban J connectivity index is 1.66. The smallest absolute Gasteiger partial charge is 0.338 e. The molecule has 41 heavy (non-hydrogen) atoms. The molecule has 0 saturated carbocycles. The normalized spacial score (nSPS) is 20.8. The van der Waals surface area contributed by atoms with E-state index in [1.54, 1.807) is 57.5 Å². The van der Waals surface area contributed by atoms with Crippen molar-refractivity contribution >= 4 is 17.6 Å². The van der Waals surface area contributed by atoms with Gasteiger partial charge in [-0.2, -0.15) is 0 Å². The first-order valence-electron chi connectivity index (χ1n) is 13.3. The Morgan fingerprint density at radius 3 is 2.05 bits per heavy atom. The maximum absolute atomic E-state index is 13.4. The van der Waals surface area contributed by atoms with Gasteiger partial charge in [0, 0.05) is 17.5 Å². The monoisotopic (exact) mass is 563 g/mol. The number of phenols is 1. The molecule has 216 valence electrons. The number of benzene rings is 3. The molecular weight excluding hydrogens is 530 g/mol. The van der Waals surface area contributed by atoms with Gasteiger partial charge in [0.2, 0.25) is 5.75 Å². The number of nitrogens with one attached hydrogen (secondary N) is 1. The lowest BCUT2D eigenvalue weighted by atomic mass is 9.65. The van der Waals surface area contributed by atoms with Crippen LogP contribution in [0, 0.1) is 11.8 Å². The second-order valence-corrected chi connectivity index (χ2v) is 9.83. The molecule has 0 aromatic heterocycles. The van der Waals surface area contributed by atoms with Gasteiger partial charge in [0.05, 0.1) is 59.2 Å². The van der Waals surface area contributed by atoms with Crippen LogP contribution in [0.5, 0.6) is 28.7 Å². The highest BCUT2D eigenvalue weighted by Gasteiger charge is 2.52. The number of aromatic hydroxyl groups is 1. The molecule has 3 aromatic carbocycles. The van der Waals surface area contributed by atoms with E-state index in [0.717, 1.165) is 22.4 Å². The maximum Gasteiger partial charge on any atom is 0.338 e. The van der Waals surface area contributed by atoms with Gasteiger partial charge in [-0.15, -0.1) is 0 Å². The first-order chi connectivity index (χ1) is 19.8. The second-order valence-electron chi connectivity index (χ2n) is 9.83. The van der Waals surface area contributed by atoms with Crippen molar-refractivity contribution in [3.63, 3.8) is 0 Å². The molecule has 10 nitrogen and oxygen atoms in total. The van der Waals surface area contributed by atoms with Crippen LogP contribution in [0.1, 0.15) is 45.9 Å². The van der Waals surface area contributed by atoms with Gasteiger partial charge >= 0.3 is 11.9 Å². The summed E-state index contributed by atoms with van der Waals surface area (Å²) in [5.74, 6) is -0.611. The molecule has 5 rings (SSSR count). The molecule has 1 fully saturated rings. The topological polar surface area (TPSA) is 122 Å². The minimum absolute atomic E-state index is 0.126. The van der Waals surface area contributed by atoms with Crippen LogP contribution in [0.2, 0.25) is 0 Å². The van der Waals surface area contributed by atoms with E-state index in [2.05, 4.69) is 5.32 Å². The highest BCUT2D eigenvalue weighted by Crippen LogP contribution is 2.55. The molecular formula is C31H33NO9. The van der Waals surface area contributed by atoms with E-state index >= 15 is 0 Å². The number of fused-ring (bicyclic) bond motifs is 2. The molecule has 1 saturated heterocycles. The van der Waals surface area contributed by atoms with Crippen LogP contribution in [0.25, 0.3) is 0 Å². The summed E-state index contributed by atoms with van der Waals surface area (Å²) in [6.45, 7) is 2.26. The van der Waals surface area contributed by atoms with Gasteiger partial charge in [0.1, 0.15) is 0 Å². The second kappa shape index (κ2) is 11.5. The van der Waals surface area contributed by atoms with Crippen molar-refractivity contribution in [2.24, 2.45) is 11.8 Å². The fourth-order valence-corrected chi connectivity index (χ4v) is 5.87. The molecule has 0 bridgehead atoms. The Kier molecular flexibility index (Phi) is 7.83. The SMILES string of the molecule is CCOC(=O)c1ccc(N[C@@H]2c3cc(OC)c(OC)cc3C(c3cc(OC)c(O)c(OC)c3)[C@H]3C(=O)OCC32)cc1. The number of cyclic esters (lactones) is 1. The van der Waals surface area contributed by atoms with Crippen LogP contribution >= 0.6 is 0 Å². The molecule has 1 aliphatic carbocycles.